The van der Waals surface area contributed by atoms with E-state index in [1.54, 1.807) is 7.11 Å². The summed E-state index contributed by atoms with van der Waals surface area (Å²) in [5.41, 5.74) is 2.21. The molecule has 3 N–H and O–H groups in total. The third-order valence-electron chi connectivity index (χ3n) is 3.41. The van der Waals surface area contributed by atoms with Crippen LogP contribution in [-0.2, 0) is 6.42 Å². The average Bonchev–Trinajstić information content (AvgIpc) is 2.46. The van der Waals surface area contributed by atoms with Gasteiger partial charge in [0.25, 0.3) is 0 Å². The van der Waals surface area contributed by atoms with E-state index < -0.39 is 6.10 Å². The highest BCUT2D eigenvalue weighted by atomic mass is 16.5. The maximum atomic E-state index is 11.6. The Bertz CT molecular complexity index is 475. The van der Waals surface area contributed by atoms with Crippen LogP contribution < -0.4 is 15.4 Å². The molecule has 5 nitrogen and oxygen atoms in total. The molecule has 1 atom stereocenters. The van der Waals surface area contributed by atoms with Gasteiger partial charge in [0.2, 0.25) is 0 Å². The van der Waals surface area contributed by atoms with Gasteiger partial charge in [-0.05, 0) is 42.9 Å². The summed E-state index contributed by atoms with van der Waals surface area (Å²) in [5, 5.41) is 15.2. The van der Waals surface area contributed by atoms with Crippen molar-refractivity contribution in [3.05, 3.63) is 29.3 Å². The first-order valence-corrected chi connectivity index (χ1v) is 7.75. The van der Waals surface area contributed by atoms with Crippen LogP contribution in [0.25, 0.3) is 0 Å². The number of carbonyl (C=O) groups is 1. The minimum atomic E-state index is -0.493. The largest absolute Gasteiger partial charge is 0.496 e. The van der Waals surface area contributed by atoms with Gasteiger partial charge in [-0.2, -0.15) is 0 Å². The monoisotopic (exact) mass is 308 g/mol. The van der Waals surface area contributed by atoms with Gasteiger partial charge in [-0.1, -0.05) is 26.0 Å². The molecular formula is C17H28N2O3. The van der Waals surface area contributed by atoms with E-state index in [0.29, 0.717) is 18.9 Å². The number of aryl methyl sites for hydroxylation is 1. The van der Waals surface area contributed by atoms with Crippen molar-refractivity contribution in [2.75, 3.05) is 20.2 Å². The molecule has 0 aromatic heterocycles. The quantitative estimate of drug-likeness (QED) is 0.690. The molecule has 124 valence electrons. The van der Waals surface area contributed by atoms with Gasteiger partial charge in [0.15, 0.2) is 0 Å². The van der Waals surface area contributed by atoms with Crippen LogP contribution in [0.5, 0.6) is 5.75 Å². The van der Waals surface area contributed by atoms with Crippen LogP contribution in [0.15, 0.2) is 18.2 Å². The maximum absolute atomic E-state index is 11.6. The fraction of sp³-hybridized carbons (Fsp3) is 0.588. The number of aliphatic hydroxyl groups is 1. The Balaban J connectivity index is 2.27. The number of hydrogen-bond donors (Lipinski definition) is 3. The predicted molar refractivity (Wildman–Crippen MR) is 88.3 cm³/mol. The lowest BCUT2D eigenvalue weighted by atomic mass is 10.1. The van der Waals surface area contributed by atoms with Crippen molar-refractivity contribution in [2.24, 2.45) is 5.92 Å². The van der Waals surface area contributed by atoms with Crippen LogP contribution in [0.1, 0.15) is 31.4 Å². The highest BCUT2D eigenvalue weighted by molar-refractivity contribution is 5.73. The van der Waals surface area contributed by atoms with Gasteiger partial charge in [-0.15, -0.1) is 0 Å². The molecule has 0 saturated heterocycles. The van der Waals surface area contributed by atoms with Crippen LogP contribution in [0.2, 0.25) is 0 Å². The van der Waals surface area contributed by atoms with Gasteiger partial charge in [0.05, 0.1) is 13.2 Å². The maximum Gasteiger partial charge on any atom is 0.314 e. The number of aliphatic hydroxyl groups excluding tert-OH is 1. The summed E-state index contributed by atoms with van der Waals surface area (Å²) < 4.78 is 5.28. The third kappa shape index (κ3) is 6.80. The fourth-order valence-electron chi connectivity index (χ4n) is 2.24. The van der Waals surface area contributed by atoms with Crippen LogP contribution in [0.4, 0.5) is 4.79 Å². The second-order valence-corrected chi connectivity index (χ2v) is 5.97. The first kappa shape index (κ1) is 18.3. The molecule has 2 amide bonds. The molecule has 0 radical (unpaired) electrons. The number of urea groups is 1. The Labute approximate surface area is 133 Å². The van der Waals surface area contributed by atoms with Gasteiger partial charge < -0.3 is 20.5 Å². The van der Waals surface area contributed by atoms with Gasteiger partial charge in [0, 0.05) is 13.1 Å². The van der Waals surface area contributed by atoms with Gasteiger partial charge >= 0.3 is 6.03 Å². The van der Waals surface area contributed by atoms with E-state index in [1.165, 1.54) is 0 Å². The van der Waals surface area contributed by atoms with Crippen molar-refractivity contribution in [1.29, 1.82) is 0 Å². The second-order valence-electron chi connectivity index (χ2n) is 5.97. The molecule has 0 aliphatic carbocycles. The highest BCUT2D eigenvalue weighted by Gasteiger charge is 2.08. The first-order chi connectivity index (χ1) is 10.4. The van der Waals surface area contributed by atoms with Crippen molar-refractivity contribution in [3.63, 3.8) is 0 Å². The predicted octanol–water partition coefficient (Wildman–Crippen LogP) is 2.25. The molecule has 0 fully saturated rings. The summed E-state index contributed by atoms with van der Waals surface area (Å²) in [4.78, 5) is 11.6. The van der Waals surface area contributed by atoms with E-state index in [4.69, 9.17) is 4.74 Å². The highest BCUT2D eigenvalue weighted by Crippen LogP contribution is 2.18. The molecule has 22 heavy (non-hydrogen) atoms. The van der Waals surface area contributed by atoms with E-state index in [-0.39, 0.29) is 12.6 Å². The number of carbonyl (C=O) groups excluding carboxylic acids is 1. The summed E-state index contributed by atoms with van der Waals surface area (Å²) in [6.07, 6.45) is 0.925. The van der Waals surface area contributed by atoms with Crippen LogP contribution in [0.3, 0.4) is 0 Å². The Hall–Kier alpha value is -1.75. The minimum absolute atomic E-state index is 0.248. The van der Waals surface area contributed by atoms with E-state index in [2.05, 4.69) is 10.6 Å². The fourth-order valence-corrected chi connectivity index (χ4v) is 2.24. The summed E-state index contributed by atoms with van der Waals surface area (Å²) in [5.74, 6) is 1.27. The number of methoxy groups -OCH3 is 1. The van der Waals surface area contributed by atoms with Crippen LogP contribution >= 0.6 is 0 Å². The van der Waals surface area contributed by atoms with Gasteiger partial charge in [-0.25, -0.2) is 4.79 Å². The van der Waals surface area contributed by atoms with Crippen LogP contribution in [0, 0.1) is 12.8 Å². The standard InChI is InChI=1S/C17H28N2O3/c1-12(2)9-15(20)11-19-17(21)18-8-7-14-6-5-13(3)16(10-14)22-4/h5-6,10,12,15,20H,7-9,11H2,1-4H3,(H2,18,19,21). The molecule has 0 spiro atoms. The normalized spacial score (nSPS) is 12.1. The van der Waals surface area contributed by atoms with Crippen LogP contribution in [-0.4, -0.2) is 37.4 Å². The molecule has 5 heteroatoms. The molecule has 0 aliphatic rings. The summed E-state index contributed by atoms with van der Waals surface area (Å²) in [6.45, 7) is 6.90. The number of benzene rings is 1. The Morgan fingerprint density at radius 1 is 1.32 bits per heavy atom. The first-order valence-electron chi connectivity index (χ1n) is 7.75. The molecular weight excluding hydrogens is 280 g/mol. The number of ether oxygens (including phenoxy) is 1. The number of hydrogen-bond acceptors (Lipinski definition) is 3. The summed E-state index contributed by atoms with van der Waals surface area (Å²) in [7, 11) is 1.65. The Kier molecular flexibility index (Phi) is 7.74. The Morgan fingerprint density at radius 2 is 2.05 bits per heavy atom. The lowest BCUT2D eigenvalue weighted by Gasteiger charge is -2.14. The van der Waals surface area contributed by atoms with E-state index in [1.807, 2.05) is 39.0 Å². The zero-order chi connectivity index (χ0) is 16.5. The minimum Gasteiger partial charge on any atom is -0.496 e. The van der Waals surface area contributed by atoms with Crippen molar-refractivity contribution in [3.8, 4) is 5.75 Å². The van der Waals surface area contributed by atoms with Crippen molar-refractivity contribution in [2.45, 2.75) is 39.7 Å². The molecule has 1 aromatic carbocycles. The molecule has 0 saturated carbocycles. The number of amides is 2. The van der Waals surface area contributed by atoms with E-state index in [0.717, 1.165) is 23.3 Å². The van der Waals surface area contributed by atoms with Gasteiger partial charge in [-0.3, -0.25) is 0 Å². The molecule has 0 heterocycles. The lowest BCUT2D eigenvalue weighted by molar-refractivity contribution is 0.147. The number of rotatable bonds is 8. The number of nitrogens with one attached hydrogen (secondary N) is 2. The molecule has 1 rings (SSSR count). The topological polar surface area (TPSA) is 70.6 Å². The zero-order valence-electron chi connectivity index (χ0n) is 14.0. The second kappa shape index (κ2) is 9.30. The zero-order valence-corrected chi connectivity index (χ0v) is 14.0. The molecule has 0 bridgehead atoms. The molecule has 1 unspecified atom stereocenters. The Morgan fingerprint density at radius 3 is 2.68 bits per heavy atom. The lowest BCUT2D eigenvalue weighted by Crippen LogP contribution is -2.40. The van der Waals surface area contributed by atoms with E-state index in [9.17, 15) is 9.90 Å². The summed E-state index contributed by atoms with van der Waals surface area (Å²) >= 11 is 0. The van der Waals surface area contributed by atoms with Gasteiger partial charge in [0.1, 0.15) is 5.75 Å². The van der Waals surface area contributed by atoms with Crippen molar-refractivity contribution < 1.29 is 14.6 Å². The molecule has 0 aliphatic heterocycles. The van der Waals surface area contributed by atoms with Crippen molar-refractivity contribution >= 4 is 6.03 Å². The molecule has 1 aromatic rings. The smallest absolute Gasteiger partial charge is 0.314 e. The SMILES string of the molecule is COc1cc(CCNC(=O)NCC(O)CC(C)C)ccc1C. The van der Waals surface area contributed by atoms with E-state index >= 15 is 0 Å². The van der Waals surface area contributed by atoms with Crippen molar-refractivity contribution in [1.82, 2.24) is 10.6 Å². The summed E-state index contributed by atoms with van der Waals surface area (Å²) in [6, 6.07) is 5.78. The third-order valence-corrected chi connectivity index (χ3v) is 3.41. The average molecular weight is 308 g/mol.